The molecular formula is C28H35FN7OP. The minimum Gasteiger partial charge on any atom is -0.371 e. The van der Waals surface area contributed by atoms with E-state index in [9.17, 15) is 8.96 Å². The van der Waals surface area contributed by atoms with Gasteiger partial charge in [-0.05, 0) is 69.1 Å². The molecule has 200 valence electrons. The van der Waals surface area contributed by atoms with Crippen LogP contribution in [0.15, 0.2) is 54.9 Å². The van der Waals surface area contributed by atoms with Crippen LogP contribution in [0.25, 0.3) is 22.3 Å². The Labute approximate surface area is 222 Å². The van der Waals surface area contributed by atoms with Crippen molar-refractivity contribution in [3.05, 3.63) is 60.7 Å². The lowest BCUT2D eigenvalue weighted by Crippen LogP contribution is -2.44. The topological polar surface area (TPSA) is 98.0 Å². The Kier molecular flexibility index (Phi) is 7.79. The van der Waals surface area contributed by atoms with Gasteiger partial charge in [-0.3, -0.25) is 0 Å². The number of aromatic nitrogens is 3. The number of piperidine rings is 1. The average Bonchev–Trinajstić information content (AvgIpc) is 3.34. The fraction of sp³-hybridized carbons (Fsp3) is 0.357. The summed E-state index contributed by atoms with van der Waals surface area (Å²) in [7, 11) is -0.880. The molecule has 0 atom stereocenters. The van der Waals surface area contributed by atoms with Crippen LogP contribution in [0, 0.1) is 5.82 Å². The number of nitrogens with one attached hydrogen (secondary N) is 4. The molecule has 0 saturated carbocycles. The normalized spacial score (nSPS) is 14.8. The maximum Gasteiger partial charge on any atom is 0.143 e. The van der Waals surface area contributed by atoms with Gasteiger partial charge in [-0.25, -0.2) is 14.4 Å². The Morgan fingerprint density at radius 2 is 1.84 bits per heavy atom. The first-order valence-electron chi connectivity index (χ1n) is 13.0. The molecule has 0 aliphatic carbocycles. The zero-order chi connectivity index (χ0) is 26.7. The molecule has 2 aromatic heterocycles. The van der Waals surface area contributed by atoms with Gasteiger partial charge in [-0.2, -0.15) is 0 Å². The number of aromatic amines is 1. The molecular weight excluding hydrogens is 500 g/mol. The summed E-state index contributed by atoms with van der Waals surface area (Å²) in [5.41, 5.74) is 4.30. The van der Waals surface area contributed by atoms with Crippen molar-refractivity contribution in [3.8, 4) is 11.3 Å². The smallest absolute Gasteiger partial charge is 0.143 e. The molecule has 0 bridgehead atoms. The number of H-pyrrole nitrogens is 1. The number of benzene rings is 2. The summed E-state index contributed by atoms with van der Waals surface area (Å²) < 4.78 is 27.4. The zero-order valence-electron chi connectivity index (χ0n) is 22.1. The van der Waals surface area contributed by atoms with E-state index in [-0.39, 0.29) is 5.30 Å². The fourth-order valence-electron chi connectivity index (χ4n) is 5.08. The zero-order valence-corrected chi connectivity index (χ0v) is 23.0. The van der Waals surface area contributed by atoms with E-state index in [1.54, 1.807) is 25.5 Å². The second kappa shape index (κ2) is 11.2. The predicted octanol–water partition coefficient (Wildman–Crippen LogP) is 4.53. The van der Waals surface area contributed by atoms with Crippen LogP contribution in [0.4, 0.5) is 21.6 Å². The second-order valence-corrected chi connectivity index (χ2v) is 13.3. The standard InChI is InChI=1S/C28H35FN7OP/c1-30-13-14-31-20-11-15-36(16-12-20)21-9-7-19(8-10-21)25-17-22-27(32-18-33-28(22)35-25)34-24-6-4-5-23(29)26(24)38(2,3)37/h4-10,17-18,20,30-31H,11-16H2,1-3H3,(H2,32,33,34,35). The fourth-order valence-corrected chi connectivity index (χ4v) is 6.38. The number of likely N-dealkylation sites (N-methyl/N-ethyl adjacent to an activating group) is 1. The Morgan fingerprint density at radius 3 is 2.55 bits per heavy atom. The third-order valence-corrected chi connectivity index (χ3v) is 8.58. The second-order valence-electron chi connectivity index (χ2n) is 10.1. The maximum atomic E-state index is 14.6. The summed E-state index contributed by atoms with van der Waals surface area (Å²) in [6.07, 6.45) is 3.74. The monoisotopic (exact) mass is 535 g/mol. The Bertz CT molecular complexity index is 1440. The molecule has 8 nitrogen and oxygen atoms in total. The van der Waals surface area contributed by atoms with E-state index < -0.39 is 13.0 Å². The minimum absolute atomic E-state index is 0.191. The highest BCUT2D eigenvalue weighted by Crippen LogP contribution is 2.40. The first-order valence-corrected chi connectivity index (χ1v) is 15.6. The highest BCUT2D eigenvalue weighted by molar-refractivity contribution is 7.70. The largest absolute Gasteiger partial charge is 0.371 e. The number of rotatable bonds is 9. The van der Waals surface area contributed by atoms with Crippen LogP contribution in [-0.4, -0.2) is 67.6 Å². The molecule has 4 N–H and O–H groups in total. The van der Waals surface area contributed by atoms with Crippen LogP contribution in [0.2, 0.25) is 0 Å². The van der Waals surface area contributed by atoms with Crippen molar-refractivity contribution in [1.29, 1.82) is 0 Å². The van der Waals surface area contributed by atoms with Crippen LogP contribution in [-0.2, 0) is 4.57 Å². The lowest BCUT2D eigenvalue weighted by molar-refractivity contribution is 0.415. The van der Waals surface area contributed by atoms with Gasteiger partial charge in [0.05, 0.1) is 16.4 Å². The number of nitrogens with zero attached hydrogens (tertiary/aromatic N) is 3. The summed E-state index contributed by atoms with van der Waals surface area (Å²) in [4.78, 5) is 14.6. The minimum atomic E-state index is -2.86. The van der Waals surface area contributed by atoms with Crippen molar-refractivity contribution in [1.82, 2.24) is 25.6 Å². The lowest BCUT2D eigenvalue weighted by Gasteiger charge is -2.34. The highest BCUT2D eigenvalue weighted by atomic mass is 31.2. The first kappa shape index (κ1) is 26.4. The van der Waals surface area contributed by atoms with Gasteiger partial charge in [0, 0.05) is 43.6 Å². The van der Waals surface area contributed by atoms with E-state index >= 15 is 0 Å². The van der Waals surface area contributed by atoms with Crippen LogP contribution < -0.4 is 26.2 Å². The highest BCUT2D eigenvalue weighted by Gasteiger charge is 2.22. The van der Waals surface area contributed by atoms with Gasteiger partial charge >= 0.3 is 0 Å². The molecule has 0 radical (unpaired) electrons. The average molecular weight is 536 g/mol. The van der Waals surface area contributed by atoms with Crippen LogP contribution in [0.3, 0.4) is 0 Å². The molecule has 0 unspecified atom stereocenters. The molecule has 0 amide bonds. The van der Waals surface area contributed by atoms with Crippen molar-refractivity contribution in [3.63, 3.8) is 0 Å². The quantitative estimate of drug-likeness (QED) is 0.185. The molecule has 0 spiro atoms. The van der Waals surface area contributed by atoms with E-state index in [1.807, 2.05) is 13.1 Å². The first-order chi connectivity index (χ1) is 18.3. The maximum absolute atomic E-state index is 14.6. The van der Waals surface area contributed by atoms with E-state index in [0.717, 1.165) is 55.7 Å². The number of hydrogen-bond donors (Lipinski definition) is 4. The van der Waals surface area contributed by atoms with Crippen LogP contribution in [0.1, 0.15) is 12.8 Å². The number of fused-ring (bicyclic) bond motifs is 1. The molecule has 2 aromatic carbocycles. The predicted molar refractivity (Wildman–Crippen MR) is 155 cm³/mol. The molecule has 5 rings (SSSR count). The van der Waals surface area contributed by atoms with Crippen molar-refractivity contribution in [2.45, 2.75) is 18.9 Å². The van der Waals surface area contributed by atoms with Crippen molar-refractivity contribution in [2.75, 3.05) is 56.8 Å². The molecule has 1 fully saturated rings. The number of anilines is 3. The third kappa shape index (κ3) is 5.75. The third-order valence-electron chi connectivity index (χ3n) is 7.05. The van der Waals surface area contributed by atoms with Gasteiger partial charge in [0.2, 0.25) is 0 Å². The molecule has 1 saturated heterocycles. The van der Waals surface area contributed by atoms with E-state index in [2.05, 4.69) is 60.1 Å². The number of hydrogen-bond acceptors (Lipinski definition) is 7. The van der Waals surface area contributed by atoms with E-state index in [1.165, 1.54) is 18.1 Å². The Hall–Kier alpha value is -3.26. The SMILES string of the molecule is CNCCNC1CCN(c2ccc(-c3cc4c(Nc5cccc(F)c5P(C)(C)=O)ncnc4[nH]3)cc2)CC1. The van der Waals surface area contributed by atoms with Gasteiger partial charge in [0.25, 0.3) is 0 Å². The summed E-state index contributed by atoms with van der Waals surface area (Å²) in [6.45, 7) is 7.20. The van der Waals surface area contributed by atoms with Crippen molar-refractivity contribution < 1.29 is 8.96 Å². The number of halogens is 1. The van der Waals surface area contributed by atoms with Gasteiger partial charge in [0.1, 0.15) is 30.8 Å². The van der Waals surface area contributed by atoms with Crippen LogP contribution >= 0.6 is 7.14 Å². The van der Waals surface area contributed by atoms with E-state index in [4.69, 9.17) is 0 Å². The van der Waals surface area contributed by atoms with Crippen molar-refractivity contribution >= 4 is 40.7 Å². The van der Waals surface area contributed by atoms with Crippen molar-refractivity contribution in [2.24, 2.45) is 0 Å². The van der Waals surface area contributed by atoms with Gasteiger partial charge in [-0.1, -0.05) is 18.2 Å². The summed E-state index contributed by atoms with van der Waals surface area (Å²) in [6, 6.07) is 15.8. The molecule has 10 heteroatoms. The van der Waals surface area contributed by atoms with Gasteiger partial charge in [0.15, 0.2) is 0 Å². The van der Waals surface area contributed by atoms with Gasteiger partial charge < -0.3 is 30.4 Å². The Balaban J connectivity index is 1.33. The molecule has 38 heavy (non-hydrogen) atoms. The van der Waals surface area contributed by atoms with Gasteiger partial charge in [-0.15, -0.1) is 0 Å². The van der Waals surface area contributed by atoms with Crippen LogP contribution in [0.5, 0.6) is 0 Å². The lowest BCUT2D eigenvalue weighted by atomic mass is 10.0. The van der Waals surface area contributed by atoms with E-state index in [0.29, 0.717) is 23.2 Å². The summed E-state index contributed by atoms with van der Waals surface area (Å²) in [5, 5.41) is 11.0. The molecule has 1 aliphatic heterocycles. The summed E-state index contributed by atoms with van der Waals surface area (Å²) >= 11 is 0. The molecule has 4 aromatic rings. The molecule has 1 aliphatic rings. The Morgan fingerprint density at radius 1 is 1.08 bits per heavy atom. The molecule has 3 heterocycles. The summed E-state index contributed by atoms with van der Waals surface area (Å²) in [5.74, 6) is 0.0402.